The Kier molecular flexibility index (Phi) is 6.16. The summed E-state index contributed by atoms with van der Waals surface area (Å²) in [5.74, 6) is 0. The summed E-state index contributed by atoms with van der Waals surface area (Å²) in [5, 5.41) is 2.64. The van der Waals surface area contributed by atoms with Crippen LogP contribution in [0.1, 0.15) is 0 Å². The van der Waals surface area contributed by atoms with Gasteiger partial charge in [0.2, 0.25) is 0 Å². The minimum absolute atomic E-state index is 0.417. The Morgan fingerprint density at radius 1 is 0.688 bits per heavy atom. The molecule has 2 rings (SSSR count). The molecule has 0 radical (unpaired) electrons. The maximum absolute atomic E-state index is 5.61. The molecular formula is C12H10Cl3P. The number of rotatable bonds is 0. The fourth-order valence-corrected chi connectivity index (χ4v) is 1.68. The third-order valence-electron chi connectivity index (χ3n) is 1.70. The van der Waals surface area contributed by atoms with Gasteiger partial charge in [-0.1, -0.05) is 71.2 Å². The standard InChI is InChI=1S/C6H3Cl3.C6H7P/c7-4-2-1-3-5(8)6(4)9;7-6-4-2-1-3-5-6/h1-3H;1-5H,7H2. The molecule has 0 N–H and O–H groups in total. The van der Waals surface area contributed by atoms with E-state index in [-0.39, 0.29) is 0 Å². The van der Waals surface area contributed by atoms with Crippen LogP contribution in [0.4, 0.5) is 0 Å². The minimum atomic E-state index is 0.417. The van der Waals surface area contributed by atoms with Crippen molar-refractivity contribution in [2.75, 3.05) is 0 Å². The van der Waals surface area contributed by atoms with Crippen LogP contribution in [-0.4, -0.2) is 0 Å². The normalized spacial score (nSPS) is 9.25. The largest absolute Gasteiger partial charge is 0.106 e. The lowest BCUT2D eigenvalue weighted by Crippen LogP contribution is -1.82. The Morgan fingerprint density at radius 2 is 1.19 bits per heavy atom. The molecular weight excluding hydrogens is 281 g/mol. The lowest BCUT2D eigenvalue weighted by molar-refractivity contribution is 1.70. The molecule has 4 heteroatoms. The third kappa shape index (κ3) is 4.72. The van der Waals surface area contributed by atoms with E-state index >= 15 is 0 Å². The quantitative estimate of drug-likeness (QED) is 0.481. The number of halogens is 3. The van der Waals surface area contributed by atoms with Gasteiger partial charge in [-0.3, -0.25) is 0 Å². The predicted octanol–water partition coefficient (Wildman–Crippen LogP) is 4.83. The van der Waals surface area contributed by atoms with Gasteiger partial charge in [0.1, 0.15) is 0 Å². The third-order valence-corrected chi connectivity index (χ3v) is 3.32. The van der Waals surface area contributed by atoms with E-state index in [1.54, 1.807) is 18.2 Å². The molecule has 0 fully saturated rings. The molecule has 0 aliphatic heterocycles. The first kappa shape index (κ1) is 13.8. The molecule has 0 heterocycles. The molecule has 2 aromatic rings. The first-order valence-electron chi connectivity index (χ1n) is 4.51. The summed E-state index contributed by atoms with van der Waals surface area (Å²) >= 11 is 16.8. The van der Waals surface area contributed by atoms with Gasteiger partial charge in [-0.2, -0.15) is 0 Å². The summed E-state index contributed by atoms with van der Waals surface area (Å²) in [4.78, 5) is 0. The van der Waals surface area contributed by atoms with Crippen molar-refractivity contribution in [3.8, 4) is 0 Å². The van der Waals surface area contributed by atoms with Gasteiger partial charge < -0.3 is 0 Å². The number of hydrogen-bond donors (Lipinski definition) is 0. The van der Waals surface area contributed by atoms with Crippen molar-refractivity contribution in [1.82, 2.24) is 0 Å². The summed E-state index contributed by atoms with van der Waals surface area (Å²) in [7, 11) is 2.63. The average molecular weight is 292 g/mol. The summed E-state index contributed by atoms with van der Waals surface area (Å²) in [6.45, 7) is 0. The summed E-state index contributed by atoms with van der Waals surface area (Å²) in [6, 6.07) is 15.3. The van der Waals surface area contributed by atoms with E-state index < -0.39 is 0 Å². The van der Waals surface area contributed by atoms with Crippen molar-refractivity contribution in [3.63, 3.8) is 0 Å². The Hall–Kier alpha value is -0.260. The second-order valence-corrected chi connectivity index (χ2v) is 4.81. The highest BCUT2D eigenvalue weighted by Crippen LogP contribution is 2.28. The minimum Gasteiger partial charge on any atom is -0.106 e. The molecule has 0 bridgehead atoms. The zero-order valence-electron chi connectivity index (χ0n) is 8.33. The van der Waals surface area contributed by atoms with Crippen LogP contribution in [0.25, 0.3) is 0 Å². The van der Waals surface area contributed by atoms with Crippen molar-refractivity contribution in [2.24, 2.45) is 0 Å². The summed E-state index contributed by atoms with van der Waals surface area (Å²) in [5.41, 5.74) is 0. The van der Waals surface area contributed by atoms with Gasteiger partial charge in [-0.15, -0.1) is 9.24 Å². The monoisotopic (exact) mass is 290 g/mol. The smallest absolute Gasteiger partial charge is 0.0778 e. The topological polar surface area (TPSA) is 0 Å². The summed E-state index contributed by atoms with van der Waals surface area (Å²) < 4.78 is 0. The fraction of sp³-hybridized carbons (Fsp3) is 0. The van der Waals surface area contributed by atoms with Crippen LogP contribution in [0.2, 0.25) is 15.1 Å². The van der Waals surface area contributed by atoms with Crippen molar-refractivity contribution in [3.05, 3.63) is 63.6 Å². The van der Waals surface area contributed by atoms with Gasteiger partial charge in [0.25, 0.3) is 0 Å². The molecule has 0 amide bonds. The van der Waals surface area contributed by atoms with E-state index in [0.717, 1.165) is 0 Å². The van der Waals surface area contributed by atoms with Crippen molar-refractivity contribution in [2.45, 2.75) is 0 Å². The van der Waals surface area contributed by atoms with Crippen LogP contribution in [-0.2, 0) is 0 Å². The molecule has 0 aromatic heterocycles. The molecule has 0 saturated heterocycles. The van der Waals surface area contributed by atoms with E-state index in [1.165, 1.54) is 5.30 Å². The van der Waals surface area contributed by atoms with E-state index in [0.29, 0.717) is 15.1 Å². The lowest BCUT2D eigenvalue weighted by atomic mass is 10.4. The van der Waals surface area contributed by atoms with Crippen molar-refractivity contribution < 1.29 is 0 Å². The van der Waals surface area contributed by atoms with Crippen molar-refractivity contribution in [1.29, 1.82) is 0 Å². The Balaban J connectivity index is 0.000000165. The molecule has 1 atom stereocenters. The highest BCUT2D eigenvalue weighted by molar-refractivity contribution is 7.27. The maximum atomic E-state index is 5.61. The van der Waals surface area contributed by atoms with Crippen molar-refractivity contribution >= 4 is 49.3 Å². The zero-order chi connectivity index (χ0) is 12.0. The molecule has 0 saturated carbocycles. The molecule has 0 spiro atoms. The van der Waals surface area contributed by atoms with E-state index in [2.05, 4.69) is 9.24 Å². The van der Waals surface area contributed by atoms with Gasteiger partial charge in [0, 0.05) is 0 Å². The van der Waals surface area contributed by atoms with Gasteiger partial charge >= 0.3 is 0 Å². The first-order chi connectivity index (χ1) is 7.61. The Morgan fingerprint density at radius 3 is 1.50 bits per heavy atom. The van der Waals surface area contributed by atoms with E-state index in [4.69, 9.17) is 34.8 Å². The Bertz CT molecular complexity index is 423. The highest BCUT2D eigenvalue weighted by atomic mass is 35.5. The van der Waals surface area contributed by atoms with Crippen LogP contribution < -0.4 is 5.30 Å². The van der Waals surface area contributed by atoms with Crippen LogP contribution in [0.5, 0.6) is 0 Å². The number of benzene rings is 2. The SMILES string of the molecule is Clc1cccc(Cl)c1Cl.Pc1ccccc1. The van der Waals surface area contributed by atoms with E-state index in [9.17, 15) is 0 Å². The zero-order valence-corrected chi connectivity index (χ0v) is 11.8. The van der Waals surface area contributed by atoms with Crippen LogP contribution in [0.3, 0.4) is 0 Å². The predicted molar refractivity (Wildman–Crippen MR) is 77.3 cm³/mol. The fourth-order valence-electron chi connectivity index (χ4n) is 0.931. The van der Waals surface area contributed by atoms with Gasteiger partial charge in [0.05, 0.1) is 15.1 Å². The molecule has 2 aromatic carbocycles. The van der Waals surface area contributed by atoms with Gasteiger partial charge in [-0.25, -0.2) is 0 Å². The van der Waals surface area contributed by atoms with Crippen LogP contribution >= 0.6 is 44.0 Å². The molecule has 1 unspecified atom stereocenters. The number of hydrogen-bond acceptors (Lipinski definition) is 0. The maximum Gasteiger partial charge on any atom is 0.0778 e. The second kappa shape index (κ2) is 7.14. The average Bonchev–Trinajstić information content (AvgIpc) is 2.28. The molecule has 16 heavy (non-hydrogen) atoms. The molecule has 84 valence electrons. The van der Waals surface area contributed by atoms with Gasteiger partial charge in [0.15, 0.2) is 0 Å². The summed E-state index contributed by atoms with van der Waals surface area (Å²) in [6.07, 6.45) is 0. The van der Waals surface area contributed by atoms with Crippen LogP contribution in [0.15, 0.2) is 48.5 Å². The Labute approximate surface area is 113 Å². The van der Waals surface area contributed by atoms with Gasteiger partial charge in [-0.05, 0) is 17.4 Å². The molecule has 0 nitrogen and oxygen atoms in total. The molecule has 0 aliphatic carbocycles. The first-order valence-corrected chi connectivity index (χ1v) is 6.22. The second-order valence-electron chi connectivity index (χ2n) is 2.95. The molecule has 0 aliphatic rings. The van der Waals surface area contributed by atoms with E-state index in [1.807, 2.05) is 30.3 Å². The highest BCUT2D eigenvalue weighted by Gasteiger charge is 1.98. The lowest BCUT2D eigenvalue weighted by Gasteiger charge is -1.94. The van der Waals surface area contributed by atoms with Crippen LogP contribution in [0, 0.1) is 0 Å².